The lowest BCUT2D eigenvalue weighted by Crippen LogP contribution is -2.48. The van der Waals surface area contributed by atoms with Gasteiger partial charge in [0, 0.05) is 29.3 Å². The third kappa shape index (κ3) is 3.27. The first kappa shape index (κ1) is 13.9. The van der Waals surface area contributed by atoms with Crippen LogP contribution in [0.1, 0.15) is 25.8 Å². The molecule has 2 atom stereocenters. The Morgan fingerprint density at radius 2 is 2.17 bits per heavy atom. The lowest BCUT2D eigenvalue weighted by Gasteiger charge is -2.38. The molecule has 0 spiro atoms. The van der Waals surface area contributed by atoms with Crippen molar-refractivity contribution in [2.45, 2.75) is 33.2 Å². The zero-order chi connectivity index (χ0) is 13.1. The van der Waals surface area contributed by atoms with Crippen LogP contribution in [0.15, 0.2) is 22.7 Å². The molecule has 1 N–H and O–H groups in total. The number of nitrogens with one attached hydrogen (secondary N) is 1. The summed E-state index contributed by atoms with van der Waals surface area (Å²) < 4.78 is 1.18. The SMILES string of the molecule is CCNC1CCN(c2cc(C)cc(Br)c2)CC1C. The van der Waals surface area contributed by atoms with Crippen LogP contribution in [0, 0.1) is 12.8 Å². The van der Waals surface area contributed by atoms with E-state index < -0.39 is 0 Å². The molecular formula is C15H23BrN2. The molecule has 1 aliphatic heterocycles. The van der Waals surface area contributed by atoms with Gasteiger partial charge in [-0.3, -0.25) is 0 Å². The van der Waals surface area contributed by atoms with Crippen LogP contribution in [0.25, 0.3) is 0 Å². The molecule has 18 heavy (non-hydrogen) atoms. The zero-order valence-electron chi connectivity index (χ0n) is 11.5. The Kier molecular flexibility index (Phi) is 4.68. The Morgan fingerprint density at radius 3 is 2.78 bits per heavy atom. The minimum atomic E-state index is 0.680. The molecule has 1 aliphatic rings. The van der Waals surface area contributed by atoms with E-state index in [1.54, 1.807) is 0 Å². The Bertz CT molecular complexity index is 385. The van der Waals surface area contributed by atoms with Crippen molar-refractivity contribution < 1.29 is 0 Å². The number of piperidine rings is 1. The molecule has 0 aliphatic carbocycles. The fraction of sp³-hybridized carbons (Fsp3) is 0.600. The molecule has 2 nitrogen and oxygen atoms in total. The summed E-state index contributed by atoms with van der Waals surface area (Å²) in [5.74, 6) is 0.706. The van der Waals surface area contributed by atoms with E-state index in [9.17, 15) is 0 Å². The molecule has 0 bridgehead atoms. The Labute approximate surface area is 119 Å². The number of nitrogens with zero attached hydrogens (tertiary/aromatic N) is 1. The zero-order valence-corrected chi connectivity index (χ0v) is 13.1. The molecule has 0 saturated carbocycles. The first-order valence-corrected chi connectivity index (χ1v) is 7.65. The third-order valence-corrected chi connectivity index (χ3v) is 4.22. The highest BCUT2D eigenvalue weighted by Crippen LogP contribution is 2.27. The van der Waals surface area contributed by atoms with E-state index in [2.05, 4.69) is 65.1 Å². The Morgan fingerprint density at radius 1 is 1.39 bits per heavy atom. The summed E-state index contributed by atoms with van der Waals surface area (Å²) in [4.78, 5) is 2.51. The molecule has 1 aromatic carbocycles. The van der Waals surface area contributed by atoms with Gasteiger partial charge in [0.15, 0.2) is 0 Å². The highest BCUT2D eigenvalue weighted by atomic mass is 79.9. The molecule has 1 heterocycles. The second-order valence-corrected chi connectivity index (χ2v) is 6.28. The topological polar surface area (TPSA) is 15.3 Å². The molecule has 3 heteroatoms. The molecule has 1 fully saturated rings. The van der Waals surface area contributed by atoms with E-state index in [4.69, 9.17) is 0 Å². The summed E-state index contributed by atoms with van der Waals surface area (Å²) in [6.45, 7) is 10.1. The van der Waals surface area contributed by atoms with Crippen LogP contribution in [0.4, 0.5) is 5.69 Å². The molecule has 2 unspecified atom stereocenters. The predicted molar refractivity (Wildman–Crippen MR) is 82.3 cm³/mol. The molecule has 0 aromatic heterocycles. The van der Waals surface area contributed by atoms with Gasteiger partial charge in [0.1, 0.15) is 0 Å². The van der Waals surface area contributed by atoms with E-state index in [0.717, 1.165) is 19.6 Å². The standard InChI is InChI=1S/C15H23BrN2/c1-4-17-15-5-6-18(10-12(15)3)14-8-11(2)7-13(16)9-14/h7-9,12,15,17H,4-6,10H2,1-3H3. The number of halogens is 1. The normalized spacial score (nSPS) is 24.3. The second-order valence-electron chi connectivity index (χ2n) is 5.36. The number of benzene rings is 1. The van der Waals surface area contributed by atoms with E-state index in [0.29, 0.717) is 12.0 Å². The van der Waals surface area contributed by atoms with Crippen LogP contribution in [0.2, 0.25) is 0 Å². The fourth-order valence-corrected chi connectivity index (χ4v) is 3.44. The maximum absolute atomic E-state index is 3.59. The number of hydrogen-bond donors (Lipinski definition) is 1. The van der Waals surface area contributed by atoms with Crippen LogP contribution < -0.4 is 10.2 Å². The number of hydrogen-bond acceptors (Lipinski definition) is 2. The minimum Gasteiger partial charge on any atom is -0.371 e. The van der Waals surface area contributed by atoms with Crippen molar-refractivity contribution in [1.82, 2.24) is 5.32 Å². The van der Waals surface area contributed by atoms with Crippen molar-refractivity contribution in [1.29, 1.82) is 0 Å². The highest BCUT2D eigenvalue weighted by Gasteiger charge is 2.25. The summed E-state index contributed by atoms with van der Waals surface area (Å²) >= 11 is 3.59. The summed E-state index contributed by atoms with van der Waals surface area (Å²) in [7, 11) is 0. The average molecular weight is 311 g/mol. The quantitative estimate of drug-likeness (QED) is 0.918. The van der Waals surface area contributed by atoms with Gasteiger partial charge in [0.2, 0.25) is 0 Å². The van der Waals surface area contributed by atoms with Gasteiger partial charge in [-0.1, -0.05) is 29.8 Å². The van der Waals surface area contributed by atoms with E-state index in [-0.39, 0.29) is 0 Å². The van der Waals surface area contributed by atoms with E-state index >= 15 is 0 Å². The van der Waals surface area contributed by atoms with Gasteiger partial charge in [-0.15, -0.1) is 0 Å². The fourth-order valence-electron chi connectivity index (χ4n) is 2.85. The molecule has 100 valence electrons. The van der Waals surface area contributed by atoms with Crippen molar-refractivity contribution in [3.05, 3.63) is 28.2 Å². The lowest BCUT2D eigenvalue weighted by molar-refractivity contribution is 0.327. The first-order valence-electron chi connectivity index (χ1n) is 6.85. The van der Waals surface area contributed by atoms with Gasteiger partial charge < -0.3 is 10.2 Å². The van der Waals surface area contributed by atoms with Crippen molar-refractivity contribution in [3.8, 4) is 0 Å². The first-order chi connectivity index (χ1) is 8.60. The Balaban J connectivity index is 2.07. The summed E-state index contributed by atoms with van der Waals surface area (Å²) in [6.07, 6.45) is 1.24. The summed E-state index contributed by atoms with van der Waals surface area (Å²) in [5.41, 5.74) is 2.67. The lowest BCUT2D eigenvalue weighted by atomic mass is 9.93. The van der Waals surface area contributed by atoms with Crippen molar-refractivity contribution in [2.24, 2.45) is 5.92 Å². The van der Waals surface area contributed by atoms with Crippen LogP contribution in [0.3, 0.4) is 0 Å². The van der Waals surface area contributed by atoms with Gasteiger partial charge in [-0.25, -0.2) is 0 Å². The average Bonchev–Trinajstić information content (AvgIpc) is 2.30. The number of rotatable bonds is 3. The number of anilines is 1. The molecule has 0 radical (unpaired) electrons. The smallest absolute Gasteiger partial charge is 0.0380 e. The third-order valence-electron chi connectivity index (χ3n) is 3.76. The van der Waals surface area contributed by atoms with Gasteiger partial charge in [-0.05, 0) is 49.6 Å². The van der Waals surface area contributed by atoms with Gasteiger partial charge in [-0.2, -0.15) is 0 Å². The number of aryl methyl sites for hydroxylation is 1. The molecule has 0 amide bonds. The van der Waals surface area contributed by atoms with Gasteiger partial charge in [0.25, 0.3) is 0 Å². The van der Waals surface area contributed by atoms with Crippen molar-refractivity contribution in [2.75, 3.05) is 24.5 Å². The van der Waals surface area contributed by atoms with Gasteiger partial charge in [0.05, 0.1) is 0 Å². The molecule has 1 saturated heterocycles. The van der Waals surface area contributed by atoms with Crippen LogP contribution in [-0.4, -0.2) is 25.7 Å². The maximum Gasteiger partial charge on any atom is 0.0380 e. The van der Waals surface area contributed by atoms with Gasteiger partial charge >= 0.3 is 0 Å². The molecule has 1 aromatic rings. The van der Waals surface area contributed by atoms with E-state index in [1.807, 2.05) is 0 Å². The highest BCUT2D eigenvalue weighted by molar-refractivity contribution is 9.10. The summed E-state index contributed by atoms with van der Waals surface area (Å²) in [6, 6.07) is 7.36. The van der Waals surface area contributed by atoms with Crippen LogP contribution in [-0.2, 0) is 0 Å². The largest absolute Gasteiger partial charge is 0.371 e. The van der Waals surface area contributed by atoms with Crippen LogP contribution in [0.5, 0.6) is 0 Å². The van der Waals surface area contributed by atoms with Crippen LogP contribution >= 0.6 is 15.9 Å². The molecule has 2 rings (SSSR count). The summed E-state index contributed by atoms with van der Waals surface area (Å²) in [5, 5.41) is 3.59. The maximum atomic E-state index is 3.59. The molecular weight excluding hydrogens is 288 g/mol. The van der Waals surface area contributed by atoms with Crippen molar-refractivity contribution in [3.63, 3.8) is 0 Å². The second kappa shape index (κ2) is 6.07. The van der Waals surface area contributed by atoms with Crippen molar-refractivity contribution >= 4 is 21.6 Å². The predicted octanol–water partition coefficient (Wildman–Crippen LogP) is 3.58. The monoisotopic (exact) mass is 310 g/mol. The minimum absolute atomic E-state index is 0.680. The Hall–Kier alpha value is -0.540. The van der Waals surface area contributed by atoms with E-state index in [1.165, 1.54) is 22.1 Å².